The van der Waals surface area contributed by atoms with Crippen LogP contribution in [-0.4, -0.2) is 16.1 Å². The fraction of sp³-hybridized carbons (Fsp3) is 0.111. The van der Waals surface area contributed by atoms with Gasteiger partial charge in [0.05, 0.1) is 12.1 Å². The predicted octanol–water partition coefficient (Wildman–Crippen LogP) is 0.985. The predicted molar refractivity (Wildman–Crippen MR) is 48.9 cm³/mol. The minimum absolute atomic E-state index is 0.131. The summed E-state index contributed by atoms with van der Waals surface area (Å²) in [7, 11) is 0. The van der Waals surface area contributed by atoms with Crippen LogP contribution in [0.2, 0.25) is 0 Å². The smallest absolute Gasteiger partial charge is 0.338 e. The van der Waals surface area contributed by atoms with Crippen molar-refractivity contribution in [3.05, 3.63) is 29.7 Å². The zero-order chi connectivity index (χ0) is 10.1. The molecule has 0 amide bonds. The maximum Gasteiger partial charge on any atom is 0.338 e. The minimum atomic E-state index is -1.02. The van der Waals surface area contributed by atoms with Crippen molar-refractivity contribution >= 4 is 17.1 Å². The van der Waals surface area contributed by atoms with Crippen LogP contribution in [0.25, 0.3) is 11.1 Å². The van der Waals surface area contributed by atoms with Crippen LogP contribution in [-0.2, 0) is 6.54 Å². The molecule has 0 bridgehead atoms. The third-order valence-corrected chi connectivity index (χ3v) is 1.87. The highest BCUT2D eigenvalue weighted by molar-refractivity contribution is 6.00. The second-order valence-electron chi connectivity index (χ2n) is 2.77. The highest BCUT2D eigenvalue weighted by Gasteiger charge is 2.13. The van der Waals surface area contributed by atoms with Gasteiger partial charge in [-0.15, -0.1) is 0 Å². The SMILES string of the molecule is NCc1nc2c(C(=O)O)cccc2o1. The Balaban J connectivity index is 2.73. The Hall–Kier alpha value is -1.88. The normalized spacial score (nSPS) is 10.6. The Bertz CT molecular complexity index is 490. The standard InChI is InChI=1S/C9H8N2O3/c10-4-7-11-8-5(9(12)13)2-1-3-6(8)14-7/h1-3H,4,10H2,(H,12,13). The summed E-state index contributed by atoms with van der Waals surface area (Å²) in [6.45, 7) is 0.160. The van der Waals surface area contributed by atoms with E-state index in [9.17, 15) is 4.79 Å². The van der Waals surface area contributed by atoms with E-state index in [-0.39, 0.29) is 12.1 Å². The Morgan fingerprint density at radius 1 is 1.57 bits per heavy atom. The molecule has 0 radical (unpaired) electrons. The minimum Gasteiger partial charge on any atom is -0.478 e. The van der Waals surface area contributed by atoms with Crippen molar-refractivity contribution < 1.29 is 14.3 Å². The molecule has 14 heavy (non-hydrogen) atoms. The molecular weight excluding hydrogens is 184 g/mol. The first-order valence-corrected chi connectivity index (χ1v) is 4.04. The fourth-order valence-corrected chi connectivity index (χ4v) is 1.25. The number of nitrogens with zero attached hydrogens (tertiary/aromatic N) is 1. The molecule has 5 nitrogen and oxygen atoms in total. The van der Waals surface area contributed by atoms with E-state index in [1.807, 2.05) is 0 Å². The van der Waals surface area contributed by atoms with E-state index in [0.29, 0.717) is 17.0 Å². The third-order valence-electron chi connectivity index (χ3n) is 1.87. The summed E-state index contributed by atoms with van der Waals surface area (Å²) in [4.78, 5) is 14.8. The van der Waals surface area contributed by atoms with E-state index in [2.05, 4.69) is 4.98 Å². The Morgan fingerprint density at radius 2 is 2.36 bits per heavy atom. The summed E-state index contributed by atoms with van der Waals surface area (Å²) in [5.74, 6) is -0.679. The number of carboxylic acids is 1. The van der Waals surface area contributed by atoms with Gasteiger partial charge in [-0.05, 0) is 12.1 Å². The van der Waals surface area contributed by atoms with Crippen molar-refractivity contribution in [3.8, 4) is 0 Å². The van der Waals surface area contributed by atoms with Gasteiger partial charge in [-0.25, -0.2) is 9.78 Å². The fourth-order valence-electron chi connectivity index (χ4n) is 1.25. The van der Waals surface area contributed by atoms with Gasteiger partial charge in [-0.2, -0.15) is 0 Å². The molecule has 1 aromatic carbocycles. The number of benzene rings is 1. The largest absolute Gasteiger partial charge is 0.478 e. The molecule has 3 N–H and O–H groups in total. The maximum absolute atomic E-state index is 10.8. The van der Waals surface area contributed by atoms with Gasteiger partial charge in [0.15, 0.2) is 5.58 Å². The van der Waals surface area contributed by atoms with Gasteiger partial charge in [-0.3, -0.25) is 0 Å². The molecule has 72 valence electrons. The summed E-state index contributed by atoms with van der Waals surface area (Å²) < 4.78 is 5.21. The highest BCUT2D eigenvalue weighted by atomic mass is 16.4. The Morgan fingerprint density at radius 3 is 3.00 bits per heavy atom. The number of aromatic carboxylic acids is 1. The van der Waals surface area contributed by atoms with Gasteiger partial charge in [0.1, 0.15) is 5.52 Å². The van der Waals surface area contributed by atoms with Gasteiger partial charge in [0.2, 0.25) is 5.89 Å². The number of oxazole rings is 1. The lowest BCUT2D eigenvalue weighted by molar-refractivity contribution is 0.0699. The molecule has 0 aliphatic rings. The van der Waals surface area contributed by atoms with Crippen molar-refractivity contribution in [1.82, 2.24) is 4.98 Å². The monoisotopic (exact) mass is 192 g/mol. The average Bonchev–Trinajstić information content (AvgIpc) is 2.59. The summed E-state index contributed by atoms with van der Waals surface area (Å²) in [6, 6.07) is 4.75. The van der Waals surface area contributed by atoms with Gasteiger partial charge in [0, 0.05) is 0 Å². The number of nitrogens with two attached hydrogens (primary N) is 1. The van der Waals surface area contributed by atoms with Gasteiger partial charge >= 0.3 is 5.97 Å². The number of para-hydroxylation sites is 1. The first-order chi connectivity index (χ1) is 6.72. The molecule has 0 aliphatic heterocycles. The summed E-state index contributed by atoms with van der Waals surface area (Å²) in [5, 5.41) is 8.85. The molecule has 0 spiro atoms. The van der Waals surface area contributed by atoms with Crippen LogP contribution in [0, 0.1) is 0 Å². The van der Waals surface area contributed by atoms with E-state index < -0.39 is 5.97 Å². The number of hydrogen-bond donors (Lipinski definition) is 2. The molecule has 0 saturated carbocycles. The van der Waals surface area contributed by atoms with E-state index in [1.165, 1.54) is 6.07 Å². The van der Waals surface area contributed by atoms with Crippen LogP contribution in [0.5, 0.6) is 0 Å². The van der Waals surface area contributed by atoms with Gasteiger partial charge < -0.3 is 15.3 Å². The molecule has 1 heterocycles. The molecule has 0 aliphatic carbocycles. The first-order valence-electron chi connectivity index (χ1n) is 4.04. The van der Waals surface area contributed by atoms with Crippen molar-refractivity contribution in [1.29, 1.82) is 0 Å². The van der Waals surface area contributed by atoms with Crippen LogP contribution in [0.3, 0.4) is 0 Å². The van der Waals surface area contributed by atoms with E-state index >= 15 is 0 Å². The number of aromatic nitrogens is 1. The van der Waals surface area contributed by atoms with Crippen molar-refractivity contribution in [2.75, 3.05) is 0 Å². The molecule has 2 aromatic rings. The molecule has 2 rings (SSSR count). The second-order valence-corrected chi connectivity index (χ2v) is 2.77. The van der Waals surface area contributed by atoms with Crippen LogP contribution >= 0.6 is 0 Å². The number of fused-ring (bicyclic) bond motifs is 1. The lowest BCUT2D eigenvalue weighted by atomic mass is 10.2. The Kier molecular flexibility index (Phi) is 1.94. The lowest BCUT2D eigenvalue weighted by Crippen LogP contribution is -1.98. The maximum atomic E-state index is 10.8. The van der Waals surface area contributed by atoms with Crippen LogP contribution < -0.4 is 5.73 Å². The van der Waals surface area contributed by atoms with Gasteiger partial charge in [-0.1, -0.05) is 6.07 Å². The summed E-state index contributed by atoms with van der Waals surface area (Å²) in [5.41, 5.74) is 6.26. The highest BCUT2D eigenvalue weighted by Crippen LogP contribution is 2.19. The van der Waals surface area contributed by atoms with Crippen LogP contribution in [0.1, 0.15) is 16.2 Å². The summed E-state index contributed by atoms with van der Waals surface area (Å²) >= 11 is 0. The molecule has 0 atom stereocenters. The van der Waals surface area contributed by atoms with E-state index in [0.717, 1.165) is 0 Å². The number of carboxylic acid groups (broad SMARTS) is 1. The molecule has 1 aromatic heterocycles. The first kappa shape index (κ1) is 8.71. The average molecular weight is 192 g/mol. The molecular formula is C9H8N2O3. The van der Waals surface area contributed by atoms with Crippen molar-refractivity contribution in [2.24, 2.45) is 5.73 Å². The second kappa shape index (κ2) is 3.12. The quantitative estimate of drug-likeness (QED) is 0.740. The molecule has 5 heteroatoms. The number of carbonyl (C=O) groups is 1. The zero-order valence-corrected chi connectivity index (χ0v) is 7.23. The van der Waals surface area contributed by atoms with E-state index in [1.54, 1.807) is 12.1 Å². The summed E-state index contributed by atoms with van der Waals surface area (Å²) in [6.07, 6.45) is 0. The van der Waals surface area contributed by atoms with Gasteiger partial charge in [0.25, 0.3) is 0 Å². The third kappa shape index (κ3) is 1.23. The topological polar surface area (TPSA) is 89.3 Å². The Labute approximate surface area is 79.2 Å². The lowest BCUT2D eigenvalue weighted by Gasteiger charge is -1.92. The molecule has 0 saturated heterocycles. The van der Waals surface area contributed by atoms with Crippen LogP contribution in [0.15, 0.2) is 22.6 Å². The van der Waals surface area contributed by atoms with Crippen LogP contribution in [0.4, 0.5) is 0 Å². The number of rotatable bonds is 2. The molecule has 0 unspecified atom stereocenters. The van der Waals surface area contributed by atoms with Crippen molar-refractivity contribution in [3.63, 3.8) is 0 Å². The molecule has 0 fully saturated rings. The van der Waals surface area contributed by atoms with Crippen molar-refractivity contribution in [2.45, 2.75) is 6.54 Å². The van der Waals surface area contributed by atoms with E-state index in [4.69, 9.17) is 15.3 Å². The number of hydrogen-bond acceptors (Lipinski definition) is 4. The zero-order valence-electron chi connectivity index (χ0n) is 7.23.